The maximum atomic E-state index is 12.3. The molecule has 1 aliphatic heterocycles. The van der Waals surface area contributed by atoms with Gasteiger partial charge < -0.3 is 20.7 Å². The van der Waals surface area contributed by atoms with E-state index >= 15 is 0 Å². The van der Waals surface area contributed by atoms with Crippen LogP contribution in [0.2, 0.25) is 0 Å². The van der Waals surface area contributed by atoms with Crippen LogP contribution in [0, 0.1) is 0 Å². The lowest BCUT2D eigenvalue weighted by molar-refractivity contribution is -0.146. The summed E-state index contributed by atoms with van der Waals surface area (Å²) in [5, 5.41) is 8.85. The van der Waals surface area contributed by atoms with E-state index in [-0.39, 0.29) is 24.2 Å². The number of rotatable bonds is 6. The zero-order chi connectivity index (χ0) is 16.7. The maximum Gasteiger partial charge on any atom is 0.252 e. The molecule has 1 heterocycles. The van der Waals surface area contributed by atoms with Crippen molar-refractivity contribution in [1.29, 1.82) is 0 Å². The van der Waals surface area contributed by atoms with Crippen molar-refractivity contribution in [2.24, 2.45) is 0 Å². The zero-order valence-electron chi connectivity index (χ0n) is 13.6. The van der Waals surface area contributed by atoms with E-state index in [0.29, 0.717) is 31.5 Å². The Bertz CT molecular complexity index is 565. The molecule has 0 radical (unpaired) electrons. The van der Waals surface area contributed by atoms with E-state index in [0.717, 1.165) is 17.6 Å². The third-order valence-corrected chi connectivity index (χ3v) is 4.49. The third-order valence-electron chi connectivity index (χ3n) is 4.00. The highest BCUT2D eigenvalue weighted by Crippen LogP contribution is 2.22. The van der Waals surface area contributed by atoms with Crippen LogP contribution >= 0.6 is 28.3 Å². The SMILES string of the molecule is COC1(C(=O)NCCNC(=O)c2cccc(Br)c2)CCNCC1.Cl. The molecule has 2 amide bonds. The highest BCUT2D eigenvalue weighted by molar-refractivity contribution is 9.10. The van der Waals surface area contributed by atoms with E-state index in [1.165, 1.54) is 0 Å². The Morgan fingerprint density at radius 2 is 1.92 bits per heavy atom. The Balaban J connectivity index is 0.00000288. The number of hydrogen-bond acceptors (Lipinski definition) is 4. The zero-order valence-corrected chi connectivity index (χ0v) is 16.0. The molecule has 1 saturated heterocycles. The van der Waals surface area contributed by atoms with Gasteiger partial charge in [0.1, 0.15) is 5.60 Å². The van der Waals surface area contributed by atoms with Gasteiger partial charge in [0.05, 0.1) is 0 Å². The van der Waals surface area contributed by atoms with E-state index in [4.69, 9.17) is 4.74 Å². The Labute approximate surface area is 156 Å². The van der Waals surface area contributed by atoms with E-state index in [9.17, 15) is 9.59 Å². The predicted molar refractivity (Wildman–Crippen MR) is 98.6 cm³/mol. The molecular weight excluding hydrogens is 398 g/mol. The Hall–Kier alpha value is -1.15. The number of carbonyl (C=O) groups is 2. The smallest absolute Gasteiger partial charge is 0.252 e. The average molecular weight is 421 g/mol. The summed E-state index contributed by atoms with van der Waals surface area (Å²) in [4.78, 5) is 24.3. The molecule has 1 aromatic rings. The molecular formula is C16H23BrClN3O3. The second-order valence-corrected chi connectivity index (χ2v) is 6.39. The molecule has 134 valence electrons. The van der Waals surface area contributed by atoms with Gasteiger partial charge >= 0.3 is 0 Å². The lowest BCUT2D eigenvalue weighted by Crippen LogP contribution is -2.54. The first-order valence-electron chi connectivity index (χ1n) is 7.65. The number of hydrogen-bond donors (Lipinski definition) is 3. The van der Waals surface area contributed by atoms with Crippen molar-refractivity contribution >= 4 is 40.2 Å². The summed E-state index contributed by atoms with van der Waals surface area (Å²) in [7, 11) is 1.57. The topological polar surface area (TPSA) is 79.5 Å². The van der Waals surface area contributed by atoms with Gasteiger partial charge in [-0.1, -0.05) is 22.0 Å². The molecule has 1 fully saturated rings. The van der Waals surface area contributed by atoms with Crippen molar-refractivity contribution in [2.45, 2.75) is 18.4 Å². The predicted octanol–water partition coefficient (Wildman–Crippen LogP) is 1.49. The maximum absolute atomic E-state index is 12.3. The molecule has 6 nitrogen and oxygen atoms in total. The molecule has 0 aliphatic carbocycles. The van der Waals surface area contributed by atoms with Crippen molar-refractivity contribution in [1.82, 2.24) is 16.0 Å². The highest BCUT2D eigenvalue weighted by atomic mass is 79.9. The minimum absolute atomic E-state index is 0. The average Bonchev–Trinajstić information content (AvgIpc) is 2.58. The molecule has 2 rings (SSSR count). The van der Waals surface area contributed by atoms with Crippen LogP contribution in [0.3, 0.4) is 0 Å². The van der Waals surface area contributed by atoms with Gasteiger partial charge in [-0.15, -0.1) is 12.4 Å². The summed E-state index contributed by atoms with van der Waals surface area (Å²) in [5.74, 6) is -0.276. The molecule has 8 heteroatoms. The summed E-state index contributed by atoms with van der Waals surface area (Å²) in [6.45, 7) is 2.27. The molecule has 0 bridgehead atoms. The lowest BCUT2D eigenvalue weighted by Gasteiger charge is -2.34. The standard InChI is InChI=1S/C16H22BrN3O3.ClH/c1-23-16(5-7-18-8-6-16)15(22)20-10-9-19-14(21)12-3-2-4-13(17)11-12;/h2-4,11,18H,5-10H2,1H3,(H,19,21)(H,20,22);1H. The first-order chi connectivity index (χ1) is 11.1. The van der Waals surface area contributed by atoms with Gasteiger partial charge in [0.15, 0.2) is 0 Å². The minimum atomic E-state index is -0.750. The van der Waals surface area contributed by atoms with Crippen molar-refractivity contribution in [3.8, 4) is 0 Å². The third kappa shape index (κ3) is 5.44. The number of nitrogens with one attached hydrogen (secondary N) is 3. The lowest BCUT2D eigenvalue weighted by atomic mass is 9.91. The Morgan fingerprint density at radius 1 is 1.25 bits per heavy atom. The second-order valence-electron chi connectivity index (χ2n) is 5.47. The molecule has 0 unspecified atom stereocenters. The largest absolute Gasteiger partial charge is 0.368 e. The molecule has 1 aliphatic rings. The number of piperidine rings is 1. The first kappa shape index (κ1) is 20.9. The summed E-state index contributed by atoms with van der Waals surface area (Å²) < 4.78 is 6.31. The van der Waals surface area contributed by atoms with Crippen LogP contribution in [0.25, 0.3) is 0 Å². The van der Waals surface area contributed by atoms with Gasteiger partial charge in [-0.25, -0.2) is 0 Å². The van der Waals surface area contributed by atoms with Crippen LogP contribution in [-0.2, 0) is 9.53 Å². The molecule has 0 aromatic heterocycles. The van der Waals surface area contributed by atoms with Crippen LogP contribution in [0.15, 0.2) is 28.7 Å². The minimum Gasteiger partial charge on any atom is -0.368 e. The van der Waals surface area contributed by atoms with Crippen LogP contribution < -0.4 is 16.0 Å². The number of ether oxygens (including phenoxy) is 1. The molecule has 0 atom stereocenters. The van der Waals surface area contributed by atoms with Crippen molar-refractivity contribution in [2.75, 3.05) is 33.3 Å². The second kappa shape index (κ2) is 9.98. The quantitative estimate of drug-likeness (QED) is 0.609. The summed E-state index contributed by atoms with van der Waals surface area (Å²) in [5.41, 5.74) is -0.170. The van der Waals surface area contributed by atoms with Crippen molar-refractivity contribution < 1.29 is 14.3 Å². The fraction of sp³-hybridized carbons (Fsp3) is 0.500. The fourth-order valence-electron chi connectivity index (χ4n) is 2.60. The molecule has 3 N–H and O–H groups in total. The number of halogens is 2. The van der Waals surface area contributed by atoms with Crippen LogP contribution in [0.1, 0.15) is 23.2 Å². The number of benzene rings is 1. The van der Waals surface area contributed by atoms with Crippen LogP contribution in [0.5, 0.6) is 0 Å². The number of amides is 2. The van der Waals surface area contributed by atoms with E-state index in [2.05, 4.69) is 31.9 Å². The van der Waals surface area contributed by atoms with E-state index in [1.807, 2.05) is 6.07 Å². The normalized spacial score (nSPS) is 15.9. The Kier molecular flexibility index (Phi) is 8.69. The first-order valence-corrected chi connectivity index (χ1v) is 8.45. The van der Waals surface area contributed by atoms with Crippen molar-refractivity contribution in [3.05, 3.63) is 34.3 Å². The van der Waals surface area contributed by atoms with E-state index < -0.39 is 5.60 Å². The van der Waals surface area contributed by atoms with Crippen LogP contribution in [-0.4, -0.2) is 50.7 Å². The van der Waals surface area contributed by atoms with E-state index in [1.54, 1.807) is 25.3 Å². The van der Waals surface area contributed by atoms with Gasteiger partial charge in [0.2, 0.25) is 0 Å². The monoisotopic (exact) mass is 419 g/mol. The van der Waals surface area contributed by atoms with Gasteiger partial charge in [-0.3, -0.25) is 9.59 Å². The summed E-state index contributed by atoms with van der Waals surface area (Å²) in [6.07, 6.45) is 1.31. The fourth-order valence-corrected chi connectivity index (χ4v) is 3.00. The molecule has 24 heavy (non-hydrogen) atoms. The van der Waals surface area contributed by atoms with Crippen LogP contribution in [0.4, 0.5) is 0 Å². The number of methoxy groups -OCH3 is 1. The molecule has 0 saturated carbocycles. The highest BCUT2D eigenvalue weighted by Gasteiger charge is 2.39. The van der Waals surface area contributed by atoms with Gasteiger partial charge in [-0.05, 0) is 44.1 Å². The van der Waals surface area contributed by atoms with Crippen molar-refractivity contribution in [3.63, 3.8) is 0 Å². The summed E-state index contributed by atoms with van der Waals surface area (Å²) in [6, 6.07) is 7.16. The summed E-state index contributed by atoms with van der Waals surface area (Å²) >= 11 is 3.33. The van der Waals surface area contributed by atoms with Gasteiger partial charge in [0.25, 0.3) is 11.8 Å². The molecule has 0 spiro atoms. The van der Waals surface area contributed by atoms with Gasteiger partial charge in [-0.2, -0.15) is 0 Å². The Morgan fingerprint density at radius 3 is 2.54 bits per heavy atom. The van der Waals surface area contributed by atoms with Gasteiger partial charge in [0, 0.05) is 30.2 Å². The number of carbonyl (C=O) groups excluding carboxylic acids is 2. The molecule has 1 aromatic carbocycles.